The minimum atomic E-state index is -4.69. The first-order chi connectivity index (χ1) is 14.6. The van der Waals surface area contributed by atoms with Gasteiger partial charge in [-0.25, -0.2) is 4.79 Å². The molecule has 0 radical (unpaired) electrons. The third-order valence-corrected chi connectivity index (χ3v) is 5.74. The van der Waals surface area contributed by atoms with Crippen molar-refractivity contribution < 1.29 is 37.3 Å². The second-order valence-electron chi connectivity index (χ2n) is 7.79. The Kier molecular flexibility index (Phi) is 8.66. The number of hydrogen-bond acceptors (Lipinski definition) is 4. The molecule has 0 amide bonds. The van der Waals surface area contributed by atoms with E-state index in [1.54, 1.807) is 0 Å². The Morgan fingerprint density at radius 1 is 1.19 bits per heavy atom. The number of aliphatic carboxylic acids is 1. The number of hydrogen-bond donors (Lipinski definition) is 1. The van der Waals surface area contributed by atoms with E-state index < -0.39 is 48.4 Å². The fourth-order valence-electron chi connectivity index (χ4n) is 4.06. The van der Waals surface area contributed by atoms with E-state index in [4.69, 9.17) is 14.6 Å². The number of carbonyl (C=O) groups is 2. The molecule has 5 nitrogen and oxygen atoms in total. The SMILES string of the molecule is COC1C(C(F)(F)F)C(=O)[C@H](CCc2ccc(C)c(C)c2)[C@H]1CC#CCOCC(=O)O. The molecular weight excluding hydrogens is 413 g/mol. The van der Waals surface area contributed by atoms with Crippen LogP contribution in [-0.4, -0.2) is 49.5 Å². The van der Waals surface area contributed by atoms with E-state index >= 15 is 0 Å². The lowest BCUT2D eigenvalue weighted by molar-refractivity contribution is -0.199. The van der Waals surface area contributed by atoms with Crippen LogP contribution >= 0.6 is 0 Å². The Morgan fingerprint density at radius 3 is 2.48 bits per heavy atom. The zero-order valence-corrected chi connectivity index (χ0v) is 17.8. The molecular formula is C23H27F3O5. The third-order valence-electron chi connectivity index (χ3n) is 5.74. The van der Waals surface area contributed by atoms with E-state index in [-0.39, 0.29) is 19.4 Å². The molecule has 0 heterocycles. The molecule has 170 valence electrons. The summed E-state index contributed by atoms with van der Waals surface area (Å²) in [5, 5.41) is 8.53. The molecule has 1 N–H and O–H groups in total. The van der Waals surface area contributed by atoms with Crippen molar-refractivity contribution >= 4 is 11.8 Å². The van der Waals surface area contributed by atoms with Crippen molar-refractivity contribution in [3.63, 3.8) is 0 Å². The van der Waals surface area contributed by atoms with Gasteiger partial charge in [-0.15, -0.1) is 5.92 Å². The standard InChI is InChI=1S/C23H27F3O5/c1-14-7-8-16(12-15(14)2)9-10-17-18(6-4-5-11-31-13-19(27)28)22(30-3)20(21(17)29)23(24,25)26/h7-8,12,17-18,20,22H,6,9-11,13H2,1-3H3,(H,27,28)/t17-,18-,20?,22?/m1/s1. The van der Waals surface area contributed by atoms with Gasteiger partial charge >= 0.3 is 12.1 Å². The predicted octanol–water partition coefficient (Wildman–Crippen LogP) is 3.74. The van der Waals surface area contributed by atoms with Crippen molar-refractivity contribution in [2.75, 3.05) is 20.3 Å². The molecule has 1 saturated carbocycles. The van der Waals surface area contributed by atoms with Crippen molar-refractivity contribution in [3.05, 3.63) is 34.9 Å². The Morgan fingerprint density at radius 2 is 1.90 bits per heavy atom. The number of carbonyl (C=O) groups excluding carboxylic acids is 1. The number of alkyl halides is 3. The molecule has 1 aliphatic carbocycles. The molecule has 0 spiro atoms. The highest BCUT2D eigenvalue weighted by atomic mass is 19.4. The van der Waals surface area contributed by atoms with Crippen LogP contribution in [0.5, 0.6) is 0 Å². The Balaban J connectivity index is 2.17. The van der Waals surface area contributed by atoms with E-state index in [0.29, 0.717) is 6.42 Å². The quantitative estimate of drug-likeness (QED) is 0.493. The van der Waals surface area contributed by atoms with Gasteiger partial charge in [0.1, 0.15) is 19.1 Å². The van der Waals surface area contributed by atoms with Gasteiger partial charge in [-0.2, -0.15) is 13.2 Å². The van der Waals surface area contributed by atoms with Gasteiger partial charge < -0.3 is 14.6 Å². The first kappa shape index (κ1) is 24.9. The summed E-state index contributed by atoms with van der Waals surface area (Å²) in [7, 11) is 1.18. The number of ketones is 1. The maximum Gasteiger partial charge on any atom is 0.401 e. The van der Waals surface area contributed by atoms with Crippen LogP contribution in [-0.2, 0) is 25.5 Å². The van der Waals surface area contributed by atoms with Gasteiger partial charge in [0.05, 0.1) is 6.10 Å². The van der Waals surface area contributed by atoms with Crippen LogP contribution < -0.4 is 0 Å². The van der Waals surface area contributed by atoms with Crippen LogP contribution in [0.1, 0.15) is 29.5 Å². The predicted molar refractivity (Wildman–Crippen MR) is 107 cm³/mol. The Bertz CT molecular complexity index is 853. The van der Waals surface area contributed by atoms with Crippen molar-refractivity contribution in [2.24, 2.45) is 17.8 Å². The molecule has 0 aliphatic heterocycles. The molecule has 0 saturated heterocycles. The molecule has 0 bridgehead atoms. The molecule has 2 unspecified atom stereocenters. The summed E-state index contributed by atoms with van der Waals surface area (Å²) in [6, 6.07) is 5.86. The molecule has 0 aromatic heterocycles. The average molecular weight is 440 g/mol. The Labute approximate surface area is 179 Å². The van der Waals surface area contributed by atoms with Gasteiger partial charge in [-0.3, -0.25) is 4.79 Å². The van der Waals surface area contributed by atoms with Gasteiger partial charge in [0.15, 0.2) is 5.78 Å². The van der Waals surface area contributed by atoms with Crippen LogP contribution in [0, 0.1) is 43.4 Å². The minimum Gasteiger partial charge on any atom is -0.480 e. The van der Waals surface area contributed by atoms with E-state index in [9.17, 15) is 22.8 Å². The maximum absolute atomic E-state index is 13.6. The number of Topliss-reactive ketones (excluding diaryl/α,β-unsaturated/α-hetero) is 1. The second-order valence-corrected chi connectivity index (χ2v) is 7.79. The number of carboxylic acids is 1. The van der Waals surface area contributed by atoms with Crippen LogP contribution in [0.4, 0.5) is 13.2 Å². The lowest BCUT2D eigenvalue weighted by Gasteiger charge is -2.24. The summed E-state index contributed by atoms with van der Waals surface area (Å²) >= 11 is 0. The van der Waals surface area contributed by atoms with Gasteiger partial charge in [0, 0.05) is 25.4 Å². The number of benzene rings is 1. The molecule has 1 aromatic carbocycles. The first-order valence-electron chi connectivity index (χ1n) is 10.0. The normalized spacial score (nSPS) is 23.5. The minimum absolute atomic E-state index is 0.0326. The molecule has 1 fully saturated rings. The summed E-state index contributed by atoms with van der Waals surface area (Å²) in [5.41, 5.74) is 3.17. The van der Waals surface area contributed by atoms with Crippen LogP contribution in [0.3, 0.4) is 0 Å². The smallest absolute Gasteiger partial charge is 0.401 e. The third kappa shape index (κ3) is 6.55. The van der Waals surface area contributed by atoms with E-state index in [2.05, 4.69) is 11.8 Å². The number of carboxylic acid groups (broad SMARTS) is 1. The molecule has 8 heteroatoms. The number of aryl methyl sites for hydroxylation is 3. The van der Waals surface area contributed by atoms with Crippen molar-refractivity contribution in [1.82, 2.24) is 0 Å². The van der Waals surface area contributed by atoms with Crippen molar-refractivity contribution in [2.45, 2.75) is 45.4 Å². The number of rotatable bonds is 8. The lowest BCUT2D eigenvalue weighted by Crippen LogP contribution is -2.37. The van der Waals surface area contributed by atoms with Crippen molar-refractivity contribution in [3.8, 4) is 11.8 Å². The highest BCUT2D eigenvalue weighted by Crippen LogP contribution is 2.46. The van der Waals surface area contributed by atoms with Crippen molar-refractivity contribution in [1.29, 1.82) is 0 Å². The molecule has 2 rings (SSSR count). The summed E-state index contributed by atoms with van der Waals surface area (Å²) in [5.74, 6) is -0.348. The van der Waals surface area contributed by atoms with E-state index in [1.807, 2.05) is 32.0 Å². The number of ether oxygens (including phenoxy) is 2. The fourth-order valence-corrected chi connectivity index (χ4v) is 4.06. The van der Waals surface area contributed by atoms with Crippen LogP contribution in [0.15, 0.2) is 18.2 Å². The zero-order valence-electron chi connectivity index (χ0n) is 17.8. The molecule has 31 heavy (non-hydrogen) atoms. The second kappa shape index (κ2) is 10.8. The van der Waals surface area contributed by atoms with E-state index in [1.165, 1.54) is 7.11 Å². The highest BCUT2D eigenvalue weighted by Gasteiger charge is 2.60. The summed E-state index contributed by atoms with van der Waals surface area (Å²) in [6.07, 6.45) is -5.21. The van der Waals surface area contributed by atoms with Gasteiger partial charge in [-0.1, -0.05) is 24.1 Å². The molecule has 1 aromatic rings. The van der Waals surface area contributed by atoms with Gasteiger partial charge in [0.25, 0.3) is 0 Å². The van der Waals surface area contributed by atoms with Crippen LogP contribution in [0.2, 0.25) is 0 Å². The monoisotopic (exact) mass is 440 g/mol. The van der Waals surface area contributed by atoms with Gasteiger partial charge in [0.2, 0.25) is 0 Å². The Hall–Kier alpha value is -2.37. The zero-order chi connectivity index (χ0) is 23.2. The van der Waals surface area contributed by atoms with E-state index in [0.717, 1.165) is 16.7 Å². The number of halogens is 3. The summed E-state index contributed by atoms with van der Waals surface area (Å²) < 4.78 is 50.8. The lowest BCUT2D eigenvalue weighted by atomic mass is 9.86. The number of methoxy groups -OCH3 is 1. The maximum atomic E-state index is 13.6. The van der Waals surface area contributed by atoms with Crippen LogP contribution in [0.25, 0.3) is 0 Å². The summed E-state index contributed by atoms with van der Waals surface area (Å²) in [4.78, 5) is 23.2. The molecule has 1 aliphatic rings. The summed E-state index contributed by atoms with van der Waals surface area (Å²) in [6.45, 7) is 3.28. The topological polar surface area (TPSA) is 72.8 Å². The average Bonchev–Trinajstić information content (AvgIpc) is 2.96. The highest BCUT2D eigenvalue weighted by molar-refractivity contribution is 5.87. The first-order valence-corrected chi connectivity index (χ1v) is 10.0. The fraction of sp³-hybridized carbons (Fsp3) is 0.565. The largest absolute Gasteiger partial charge is 0.480 e. The molecule has 4 atom stereocenters. The van der Waals surface area contributed by atoms with Gasteiger partial charge in [-0.05, 0) is 43.4 Å².